The summed E-state index contributed by atoms with van der Waals surface area (Å²) in [6, 6.07) is 12.1. The SMILES string of the molecule is CC(C)(C)C(=Cc1ccc(C(=C2CCCCCC2)c2ccc(O)cc2)cc1F)C(=O)O. The number of carboxylic acids is 1. The predicted molar refractivity (Wildman–Crippen MR) is 123 cm³/mol. The predicted octanol–water partition coefficient (Wildman–Crippen LogP) is 7.20. The minimum atomic E-state index is -1.04. The molecule has 0 bridgehead atoms. The summed E-state index contributed by atoms with van der Waals surface area (Å²) in [5.41, 5.74) is 3.91. The van der Waals surface area contributed by atoms with Crippen LogP contribution in [0.4, 0.5) is 4.39 Å². The van der Waals surface area contributed by atoms with Gasteiger partial charge in [0.2, 0.25) is 0 Å². The molecule has 2 aromatic carbocycles. The van der Waals surface area contributed by atoms with Gasteiger partial charge in [0.25, 0.3) is 0 Å². The molecule has 3 rings (SSSR count). The number of hydrogen-bond donors (Lipinski definition) is 2. The van der Waals surface area contributed by atoms with Crippen molar-refractivity contribution in [2.75, 3.05) is 0 Å². The molecule has 0 heterocycles. The van der Waals surface area contributed by atoms with E-state index >= 15 is 4.39 Å². The van der Waals surface area contributed by atoms with Crippen molar-refractivity contribution in [3.8, 4) is 5.75 Å². The lowest BCUT2D eigenvalue weighted by atomic mass is 9.84. The fraction of sp³-hybridized carbons (Fsp3) is 0.370. The van der Waals surface area contributed by atoms with Crippen LogP contribution in [0.3, 0.4) is 0 Å². The molecule has 0 aliphatic heterocycles. The van der Waals surface area contributed by atoms with Gasteiger partial charge in [0.05, 0.1) is 0 Å². The highest BCUT2D eigenvalue weighted by atomic mass is 19.1. The number of carbonyl (C=O) groups is 1. The van der Waals surface area contributed by atoms with E-state index in [0.29, 0.717) is 0 Å². The first-order chi connectivity index (χ1) is 14.7. The van der Waals surface area contributed by atoms with Crippen molar-refractivity contribution in [2.45, 2.75) is 59.3 Å². The lowest BCUT2D eigenvalue weighted by molar-refractivity contribution is -0.133. The smallest absolute Gasteiger partial charge is 0.332 e. The van der Waals surface area contributed by atoms with Crippen LogP contribution in [0.15, 0.2) is 53.6 Å². The third-order valence-corrected chi connectivity index (χ3v) is 5.84. The van der Waals surface area contributed by atoms with Crippen molar-refractivity contribution >= 4 is 17.6 Å². The summed E-state index contributed by atoms with van der Waals surface area (Å²) in [5.74, 6) is -1.28. The first kappa shape index (κ1) is 22.8. The number of hydrogen-bond acceptors (Lipinski definition) is 2. The third kappa shape index (κ3) is 5.63. The number of aliphatic carboxylic acids is 1. The molecular weight excluding hydrogens is 391 g/mol. The number of benzene rings is 2. The lowest BCUT2D eigenvalue weighted by Gasteiger charge is -2.20. The summed E-state index contributed by atoms with van der Waals surface area (Å²) >= 11 is 0. The highest BCUT2D eigenvalue weighted by Gasteiger charge is 2.24. The standard InChI is InChI=1S/C27H31FO3/c1-27(2,3)23(26(30)31)16-20-10-11-21(17-24(20)28)25(18-8-6-4-5-7-9-18)19-12-14-22(29)15-13-19/h10-17,29H,4-9H2,1-3H3,(H,30,31). The molecule has 1 saturated carbocycles. The second-order valence-corrected chi connectivity index (χ2v) is 9.29. The molecule has 0 spiro atoms. The fourth-order valence-corrected chi connectivity index (χ4v) is 4.16. The van der Waals surface area contributed by atoms with Gasteiger partial charge in [-0.1, -0.05) is 63.5 Å². The highest BCUT2D eigenvalue weighted by Crippen LogP contribution is 2.36. The van der Waals surface area contributed by atoms with Crippen molar-refractivity contribution in [3.05, 3.63) is 76.1 Å². The van der Waals surface area contributed by atoms with Crippen LogP contribution in [0.25, 0.3) is 11.6 Å². The van der Waals surface area contributed by atoms with Crippen molar-refractivity contribution in [1.82, 2.24) is 0 Å². The largest absolute Gasteiger partial charge is 0.508 e. The Bertz CT molecular complexity index is 998. The van der Waals surface area contributed by atoms with Gasteiger partial charge in [-0.25, -0.2) is 9.18 Å². The van der Waals surface area contributed by atoms with E-state index in [1.165, 1.54) is 30.6 Å². The van der Waals surface area contributed by atoms with Crippen LogP contribution in [0, 0.1) is 11.2 Å². The maximum Gasteiger partial charge on any atom is 0.332 e. The van der Waals surface area contributed by atoms with E-state index < -0.39 is 17.2 Å². The van der Waals surface area contributed by atoms with Crippen LogP contribution in [0.1, 0.15) is 76.0 Å². The van der Waals surface area contributed by atoms with Crippen LogP contribution < -0.4 is 0 Å². The maximum absolute atomic E-state index is 15.1. The zero-order chi connectivity index (χ0) is 22.6. The molecule has 1 aliphatic rings. The van der Waals surface area contributed by atoms with Gasteiger partial charge in [-0.05, 0) is 72.1 Å². The maximum atomic E-state index is 15.1. The molecule has 2 aromatic rings. The number of phenols is 1. The molecule has 4 heteroatoms. The minimum Gasteiger partial charge on any atom is -0.508 e. The van der Waals surface area contributed by atoms with Gasteiger partial charge < -0.3 is 10.2 Å². The molecule has 0 amide bonds. The second kappa shape index (κ2) is 9.51. The first-order valence-electron chi connectivity index (χ1n) is 10.9. The molecular formula is C27H31FO3. The molecule has 1 aliphatic carbocycles. The van der Waals surface area contributed by atoms with E-state index in [0.717, 1.165) is 42.4 Å². The van der Waals surface area contributed by atoms with Crippen molar-refractivity contribution in [3.63, 3.8) is 0 Å². The van der Waals surface area contributed by atoms with Gasteiger partial charge in [0, 0.05) is 11.1 Å². The zero-order valence-electron chi connectivity index (χ0n) is 18.5. The Balaban J connectivity index is 2.11. The highest BCUT2D eigenvalue weighted by molar-refractivity contribution is 5.93. The summed E-state index contributed by atoms with van der Waals surface area (Å²) in [6.07, 6.45) is 8.03. The molecule has 1 fully saturated rings. The van der Waals surface area contributed by atoms with Crippen molar-refractivity contribution < 1.29 is 19.4 Å². The normalized spacial score (nSPS) is 15.5. The Hall–Kier alpha value is -2.88. The average molecular weight is 423 g/mol. The van der Waals surface area contributed by atoms with Crippen LogP contribution in [-0.4, -0.2) is 16.2 Å². The van der Waals surface area contributed by atoms with Gasteiger partial charge in [0.15, 0.2) is 0 Å². The van der Waals surface area contributed by atoms with Gasteiger partial charge in [0.1, 0.15) is 11.6 Å². The van der Waals surface area contributed by atoms with Crippen molar-refractivity contribution in [2.24, 2.45) is 5.41 Å². The molecule has 0 unspecified atom stereocenters. The molecule has 0 aromatic heterocycles. The van der Waals surface area contributed by atoms with Gasteiger partial charge >= 0.3 is 5.97 Å². The first-order valence-corrected chi connectivity index (χ1v) is 10.9. The number of carboxylic acid groups (broad SMARTS) is 1. The molecule has 31 heavy (non-hydrogen) atoms. The fourth-order valence-electron chi connectivity index (χ4n) is 4.16. The topological polar surface area (TPSA) is 57.5 Å². The Morgan fingerprint density at radius 3 is 2.03 bits per heavy atom. The Morgan fingerprint density at radius 2 is 1.52 bits per heavy atom. The van der Waals surface area contributed by atoms with Gasteiger partial charge in [-0.2, -0.15) is 0 Å². The third-order valence-electron chi connectivity index (χ3n) is 5.84. The van der Waals surface area contributed by atoms with E-state index in [-0.39, 0.29) is 16.9 Å². The van der Waals surface area contributed by atoms with E-state index in [1.807, 2.05) is 18.2 Å². The summed E-state index contributed by atoms with van der Waals surface area (Å²) in [6.45, 7) is 5.41. The van der Waals surface area contributed by atoms with Crippen LogP contribution >= 0.6 is 0 Å². The summed E-state index contributed by atoms with van der Waals surface area (Å²) in [4.78, 5) is 11.7. The van der Waals surface area contributed by atoms with E-state index in [9.17, 15) is 15.0 Å². The molecule has 0 saturated heterocycles. The number of allylic oxidation sites excluding steroid dienone is 1. The molecule has 164 valence electrons. The molecule has 0 radical (unpaired) electrons. The van der Waals surface area contributed by atoms with Crippen molar-refractivity contribution in [1.29, 1.82) is 0 Å². The number of halogens is 1. The average Bonchev–Trinajstić information content (AvgIpc) is 2.97. The van der Waals surface area contributed by atoms with Crippen LogP contribution in [0.5, 0.6) is 5.75 Å². The number of phenolic OH excluding ortho intramolecular Hbond substituents is 1. The van der Waals surface area contributed by atoms with Crippen LogP contribution in [0.2, 0.25) is 0 Å². The van der Waals surface area contributed by atoms with Crippen LogP contribution in [-0.2, 0) is 4.79 Å². The quantitative estimate of drug-likeness (QED) is 0.404. The second-order valence-electron chi connectivity index (χ2n) is 9.29. The van der Waals surface area contributed by atoms with Gasteiger partial charge in [-0.15, -0.1) is 0 Å². The number of rotatable bonds is 4. The van der Waals surface area contributed by atoms with E-state index in [4.69, 9.17) is 0 Å². The molecule has 0 atom stereocenters. The monoisotopic (exact) mass is 422 g/mol. The van der Waals surface area contributed by atoms with E-state index in [1.54, 1.807) is 39.0 Å². The minimum absolute atomic E-state index is 0.167. The summed E-state index contributed by atoms with van der Waals surface area (Å²) in [7, 11) is 0. The Morgan fingerprint density at radius 1 is 0.935 bits per heavy atom. The molecule has 3 nitrogen and oxygen atoms in total. The summed E-state index contributed by atoms with van der Waals surface area (Å²) in [5, 5.41) is 19.3. The Kier molecular flexibility index (Phi) is 6.99. The zero-order valence-corrected chi connectivity index (χ0v) is 18.5. The Labute approximate surface area is 183 Å². The summed E-state index contributed by atoms with van der Waals surface area (Å²) < 4.78 is 15.1. The van der Waals surface area contributed by atoms with Gasteiger partial charge in [-0.3, -0.25) is 0 Å². The lowest BCUT2D eigenvalue weighted by Crippen LogP contribution is -2.17. The van der Waals surface area contributed by atoms with E-state index in [2.05, 4.69) is 0 Å². The molecule has 2 N–H and O–H groups in total. The number of aromatic hydroxyl groups is 1.